The molecule has 0 aromatic carbocycles. The number of nitrogens with zero attached hydrogens (tertiary/aromatic N) is 3. The zero-order valence-corrected chi connectivity index (χ0v) is 11.7. The molecule has 0 fully saturated rings. The lowest BCUT2D eigenvalue weighted by Gasteiger charge is -2.06. The van der Waals surface area contributed by atoms with Gasteiger partial charge in [-0.3, -0.25) is 10.1 Å². The summed E-state index contributed by atoms with van der Waals surface area (Å²) in [6, 6.07) is 0. The van der Waals surface area contributed by atoms with E-state index in [0.29, 0.717) is 16.7 Å². The van der Waals surface area contributed by atoms with Crippen molar-refractivity contribution in [3.05, 3.63) is 15.8 Å². The summed E-state index contributed by atoms with van der Waals surface area (Å²) in [4.78, 5) is 18.8. The molecule has 0 aliphatic rings. The summed E-state index contributed by atoms with van der Waals surface area (Å²) in [7, 11) is 1.70. The first-order chi connectivity index (χ1) is 8.60. The van der Waals surface area contributed by atoms with Crippen molar-refractivity contribution in [2.45, 2.75) is 38.1 Å². The lowest BCUT2D eigenvalue weighted by atomic mass is 10.3. The summed E-state index contributed by atoms with van der Waals surface area (Å²) >= 11 is 1.43. The van der Waals surface area contributed by atoms with Crippen molar-refractivity contribution in [2.24, 2.45) is 0 Å². The van der Waals surface area contributed by atoms with Crippen molar-refractivity contribution < 1.29 is 4.92 Å². The quantitative estimate of drug-likeness (QED) is 0.270. The second-order valence-electron chi connectivity index (χ2n) is 3.85. The van der Waals surface area contributed by atoms with Crippen LogP contribution in [0.4, 0.5) is 11.6 Å². The zero-order chi connectivity index (χ0) is 13.5. The van der Waals surface area contributed by atoms with E-state index in [-0.39, 0.29) is 5.69 Å². The third-order valence-electron chi connectivity index (χ3n) is 2.42. The Morgan fingerprint density at radius 1 is 1.39 bits per heavy atom. The van der Waals surface area contributed by atoms with Crippen LogP contribution in [0.2, 0.25) is 0 Å². The normalized spacial score (nSPS) is 10.4. The van der Waals surface area contributed by atoms with E-state index in [0.717, 1.165) is 25.0 Å². The van der Waals surface area contributed by atoms with Crippen LogP contribution in [0.15, 0.2) is 5.03 Å². The first-order valence-corrected chi connectivity index (χ1v) is 6.92. The molecule has 1 N–H and O–H groups in total. The molecule has 0 amide bonds. The molecule has 6 nitrogen and oxygen atoms in total. The van der Waals surface area contributed by atoms with E-state index >= 15 is 0 Å². The van der Waals surface area contributed by atoms with Crippen molar-refractivity contribution >= 4 is 23.4 Å². The molecular weight excluding hydrogens is 252 g/mol. The Bertz CT molecular complexity index is 426. The molecule has 0 saturated heterocycles. The summed E-state index contributed by atoms with van der Waals surface area (Å²) in [6.07, 6.45) is 3.30. The predicted molar refractivity (Wildman–Crippen MR) is 73.2 cm³/mol. The van der Waals surface area contributed by atoms with Gasteiger partial charge in [0.1, 0.15) is 5.69 Å². The maximum Gasteiger partial charge on any atom is 0.322 e. The highest BCUT2D eigenvalue weighted by molar-refractivity contribution is 7.99. The fraction of sp³-hybridized carbons (Fsp3) is 0.636. The molecular formula is C11H18N4O2S. The third kappa shape index (κ3) is 3.83. The van der Waals surface area contributed by atoms with E-state index in [4.69, 9.17) is 0 Å². The number of hydrogen-bond donors (Lipinski definition) is 1. The molecule has 0 bridgehead atoms. The smallest absolute Gasteiger partial charge is 0.322 e. The Labute approximate surface area is 111 Å². The Balaban J connectivity index is 2.91. The zero-order valence-electron chi connectivity index (χ0n) is 10.9. The van der Waals surface area contributed by atoms with Gasteiger partial charge < -0.3 is 5.32 Å². The van der Waals surface area contributed by atoms with E-state index in [1.54, 1.807) is 14.0 Å². The average molecular weight is 270 g/mol. The van der Waals surface area contributed by atoms with Gasteiger partial charge in [0.15, 0.2) is 5.03 Å². The molecule has 1 rings (SSSR count). The second-order valence-corrected chi connectivity index (χ2v) is 4.93. The molecule has 0 atom stereocenters. The molecule has 0 aliphatic heterocycles. The van der Waals surface area contributed by atoms with Crippen molar-refractivity contribution in [1.29, 1.82) is 0 Å². The monoisotopic (exact) mass is 270 g/mol. The van der Waals surface area contributed by atoms with E-state index in [2.05, 4.69) is 22.2 Å². The van der Waals surface area contributed by atoms with Crippen LogP contribution in [0.1, 0.15) is 31.9 Å². The van der Waals surface area contributed by atoms with Crippen LogP contribution in [-0.2, 0) is 0 Å². The lowest BCUT2D eigenvalue weighted by molar-refractivity contribution is -0.389. The maximum absolute atomic E-state index is 11.0. The number of unbranched alkanes of at least 4 members (excludes halogenated alkanes) is 2. The molecule has 100 valence electrons. The van der Waals surface area contributed by atoms with Crippen LogP contribution < -0.4 is 5.32 Å². The van der Waals surface area contributed by atoms with Gasteiger partial charge in [-0.05, 0) is 19.1 Å². The van der Waals surface area contributed by atoms with Crippen LogP contribution in [0.3, 0.4) is 0 Å². The average Bonchev–Trinajstić information content (AvgIpc) is 2.33. The minimum Gasteiger partial charge on any atom is -0.357 e. The van der Waals surface area contributed by atoms with Crippen LogP contribution in [-0.4, -0.2) is 27.7 Å². The Hall–Kier alpha value is -1.37. The molecule has 18 heavy (non-hydrogen) atoms. The van der Waals surface area contributed by atoms with Gasteiger partial charge in [-0.25, -0.2) is 4.98 Å². The molecule has 0 aliphatic carbocycles. The minimum atomic E-state index is -0.406. The van der Waals surface area contributed by atoms with Gasteiger partial charge in [0.25, 0.3) is 0 Å². The highest BCUT2D eigenvalue weighted by Crippen LogP contribution is 2.31. The molecule has 0 unspecified atom stereocenters. The van der Waals surface area contributed by atoms with Crippen molar-refractivity contribution in [1.82, 2.24) is 9.97 Å². The van der Waals surface area contributed by atoms with Crippen LogP contribution >= 0.6 is 11.8 Å². The summed E-state index contributed by atoms with van der Waals surface area (Å²) in [5.41, 5.74) is 0.424. The van der Waals surface area contributed by atoms with Crippen molar-refractivity contribution in [3.8, 4) is 0 Å². The van der Waals surface area contributed by atoms with Crippen LogP contribution in [0.5, 0.6) is 0 Å². The first-order valence-electron chi connectivity index (χ1n) is 5.93. The summed E-state index contributed by atoms with van der Waals surface area (Å²) in [6.45, 7) is 3.76. The number of nitro groups is 1. The molecule has 0 spiro atoms. The van der Waals surface area contributed by atoms with E-state index < -0.39 is 4.92 Å². The van der Waals surface area contributed by atoms with E-state index in [1.807, 2.05) is 0 Å². The number of hydrogen-bond acceptors (Lipinski definition) is 6. The number of aromatic nitrogens is 2. The SMILES string of the molecule is CCCCCSc1nc(NC)nc(C)c1[N+](=O)[O-]. The largest absolute Gasteiger partial charge is 0.357 e. The maximum atomic E-state index is 11.0. The number of aryl methyl sites for hydroxylation is 1. The third-order valence-corrected chi connectivity index (χ3v) is 3.47. The van der Waals surface area contributed by atoms with Crippen molar-refractivity contribution in [3.63, 3.8) is 0 Å². The molecule has 1 aromatic heterocycles. The lowest BCUT2D eigenvalue weighted by Crippen LogP contribution is -2.04. The minimum absolute atomic E-state index is 0.0236. The van der Waals surface area contributed by atoms with Crippen LogP contribution in [0, 0.1) is 17.0 Å². The topological polar surface area (TPSA) is 81.0 Å². The van der Waals surface area contributed by atoms with Gasteiger partial charge in [0.05, 0.1) is 4.92 Å². The number of rotatable bonds is 7. The van der Waals surface area contributed by atoms with E-state index in [1.165, 1.54) is 11.8 Å². The van der Waals surface area contributed by atoms with Gasteiger partial charge in [0.2, 0.25) is 5.95 Å². The summed E-state index contributed by atoms with van der Waals surface area (Å²) in [5, 5.41) is 14.3. The number of thioether (sulfide) groups is 1. The van der Waals surface area contributed by atoms with Gasteiger partial charge in [-0.15, -0.1) is 0 Å². The molecule has 1 aromatic rings. The fourth-order valence-corrected chi connectivity index (χ4v) is 2.54. The molecule has 0 saturated carbocycles. The van der Waals surface area contributed by atoms with Gasteiger partial charge in [-0.2, -0.15) is 4.98 Å². The predicted octanol–water partition coefficient (Wildman–Crippen LogP) is 3.02. The second kappa shape index (κ2) is 7.15. The van der Waals surface area contributed by atoms with Gasteiger partial charge in [-0.1, -0.05) is 31.5 Å². The van der Waals surface area contributed by atoms with Crippen molar-refractivity contribution in [2.75, 3.05) is 18.1 Å². The fourth-order valence-electron chi connectivity index (χ4n) is 1.48. The standard InChI is InChI=1S/C11H18N4O2S/c1-4-5-6-7-18-10-9(15(16)17)8(2)13-11(12-3)14-10/h4-7H2,1-3H3,(H,12,13,14). The molecule has 1 heterocycles. The Kier molecular flexibility index (Phi) is 5.84. The summed E-state index contributed by atoms with van der Waals surface area (Å²) < 4.78 is 0. The summed E-state index contributed by atoms with van der Waals surface area (Å²) in [5.74, 6) is 1.27. The Morgan fingerprint density at radius 2 is 2.11 bits per heavy atom. The molecule has 7 heteroatoms. The number of nitrogens with one attached hydrogen (secondary N) is 1. The van der Waals surface area contributed by atoms with Crippen LogP contribution in [0.25, 0.3) is 0 Å². The molecule has 0 radical (unpaired) electrons. The number of anilines is 1. The Morgan fingerprint density at radius 3 is 2.67 bits per heavy atom. The highest BCUT2D eigenvalue weighted by atomic mass is 32.2. The first kappa shape index (κ1) is 14.7. The van der Waals surface area contributed by atoms with E-state index in [9.17, 15) is 10.1 Å². The highest BCUT2D eigenvalue weighted by Gasteiger charge is 2.21. The van der Waals surface area contributed by atoms with Gasteiger partial charge >= 0.3 is 5.69 Å². The van der Waals surface area contributed by atoms with Gasteiger partial charge in [0, 0.05) is 7.05 Å².